The molecule has 6 nitrogen and oxygen atoms in total. The van der Waals surface area contributed by atoms with Crippen molar-refractivity contribution in [1.29, 1.82) is 0 Å². The first-order valence-corrected chi connectivity index (χ1v) is 6.94. The molecular weight excluding hydrogens is 310 g/mol. The lowest BCUT2D eigenvalue weighted by Gasteiger charge is -2.10. The zero-order valence-electron chi connectivity index (χ0n) is 8.98. The minimum atomic E-state index is -3.75. The van der Waals surface area contributed by atoms with Gasteiger partial charge < -0.3 is 11.1 Å². The minimum absolute atomic E-state index is 0.0387. The normalized spacial score (nSPS) is 13.2. The lowest BCUT2D eigenvalue weighted by atomic mass is 10.3. The lowest BCUT2D eigenvalue weighted by molar-refractivity contribution is -0.117. The molecule has 0 aromatic heterocycles. The number of carbonyl (C=O) groups excluding carboxylic acids is 1. The number of carbonyl (C=O) groups is 1. The van der Waals surface area contributed by atoms with E-state index in [0.717, 1.165) is 0 Å². The van der Waals surface area contributed by atoms with E-state index in [1.54, 1.807) is 6.92 Å². The van der Waals surface area contributed by atoms with Gasteiger partial charge in [0.05, 0.1) is 16.6 Å². The average molecular weight is 322 g/mol. The maximum Gasteiger partial charge on any atom is 0.241 e. The molecule has 0 saturated carbocycles. The first-order chi connectivity index (χ1) is 7.71. The molecule has 1 amide bonds. The summed E-state index contributed by atoms with van der Waals surface area (Å²) in [6.45, 7) is 1.54. The van der Waals surface area contributed by atoms with E-state index in [1.807, 2.05) is 0 Å². The topological polar surface area (TPSA) is 115 Å². The van der Waals surface area contributed by atoms with Gasteiger partial charge in [-0.1, -0.05) is 0 Å². The van der Waals surface area contributed by atoms with Crippen molar-refractivity contribution in [2.24, 2.45) is 10.9 Å². The Balaban J connectivity index is 3.03. The van der Waals surface area contributed by atoms with E-state index in [0.29, 0.717) is 10.2 Å². The molecule has 1 rings (SSSR count). The molecular formula is C9H12BrN3O3S. The van der Waals surface area contributed by atoms with Crippen LogP contribution in [-0.4, -0.2) is 20.4 Å². The van der Waals surface area contributed by atoms with Gasteiger partial charge in [0.1, 0.15) is 0 Å². The van der Waals surface area contributed by atoms with Gasteiger partial charge in [-0.2, -0.15) is 0 Å². The third-order valence-corrected chi connectivity index (χ3v) is 3.51. The van der Waals surface area contributed by atoms with Crippen molar-refractivity contribution in [3.63, 3.8) is 0 Å². The van der Waals surface area contributed by atoms with Crippen molar-refractivity contribution in [1.82, 2.24) is 0 Å². The highest BCUT2D eigenvalue weighted by atomic mass is 79.9. The summed E-state index contributed by atoms with van der Waals surface area (Å²) < 4.78 is 22.6. The molecule has 1 aromatic rings. The number of rotatable bonds is 3. The smallest absolute Gasteiger partial charge is 0.241 e. The zero-order valence-corrected chi connectivity index (χ0v) is 11.4. The number of benzene rings is 1. The van der Waals surface area contributed by atoms with E-state index in [1.165, 1.54) is 18.2 Å². The van der Waals surface area contributed by atoms with Crippen LogP contribution in [0.15, 0.2) is 27.6 Å². The van der Waals surface area contributed by atoms with Crippen LogP contribution in [0, 0.1) is 0 Å². The van der Waals surface area contributed by atoms with Crippen molar-refractivity contribution in [3.05, 3.63) is 22.7 Å². The van der Waals surface area contributed by atoms with E-state index in [2.05, 4.69) is 21.2 Å². The van der Waals surface area contributed by atoms with Gasteiger partial charge in [0.2, 0.25) is 15.9 Å². The molecule has 0 spiro atoms. The number of halogens is 1. The highest BCUT2D eigenvalue weighted by Gasteiger charge is 2.13. The van der Waals surface area contributed by atoms with Gasteiger partial charge >= 0.3 is 0 Å². The van der Waals surface area contributed by atoms with Gasteiger partial charge in [-0.05, 0) is 41.1 Å². The molecule has 1 unspecified atom stereocenters. The fourth-order valence-electron chi connectivity index (χ4n) is 1.02. The Bertz CT molecular complexity index is 542. The molecule has 0 aliphatic rings. The summed E-state index contributed by atoms with van der Waals surface area (Å²) >= 11 is 3.14. The van der Waals surface area contributed by atoms with Gasteiger partial charge in [-0.15, -0.1) is 0 Å². The fourth-order valence-corrected chi connectivity index (χ4v) is 2.19. The zero-order chi connectivity index (χ0) is 13.2. The Morgan fingerprint density at radius 1 is 1.47 bits per heavy atom. The van der Waals surface area contributed by atoms with Crippen molar-refractivity contribution >= 4 is 37.5 Å². The number of primary sulfonamides is 1. The molecule has 1 atom stereocenters. The van der Waals surface area contributed by atoms with Crippen LogP contribution in [0.2, 0.25) is 0 Å². The summed E-state index contributed by atoms with van der Waals surface area (Å²) in [5.74, 6) is -0.367. The van der Waals surface area contributed by atoms with Crippen LogP contribution in [0.5, 0.6) is 0 Å². The molecule has 0 aliphatic carbocycles. The molecule has 1 aromatic carbocycles. The van der Waals surface area contributed by atoms with Crippen LogP contribution < -0.4 is 16.2 Å². The molecule has 8 heteroatoms. The second-order valence-electron chi connectivity index (χ2n) is 3.46. The van der Waals surface area contributed by atoms with E-state index >= 15 is 0 Å². The molecule has 0 saturated heterocycles. The molecule has 5 N–H and O–H groups in total. The molecule has 17 heavy (non-hydrogen) atoms. The lowest BCUT2D eigenvalue weighted by Crippen LogP contribution is -2.32. The van der Waals surface area contributed by atoms with E-state index in [-0.39, 0.29) is 10.8 Å². The summed E-state index contributed by atoms with van der Waals surface area (Å²) in [6, 6.07) is 3.40. The second-order valence-corrected chi connectivity index (χ2v) is 5.88. The minimum Gasteiger partial charge on any atom is -0.324 e. The van der Waals surface area contributed by atoms with Gasteiger partial charge in [-0.3, -0.25) is 4.79 Å². The number of nitrogens with one attached hydrogen (secondary N) is 1. The monoisotopic (exact) mass is 321 g/mol. The fraction of sp³-hybridized carbons (Fsp3) is 0.222. The van der Waals surface area contributed by atoms with E-state index in [4.69, 9.17) is 10.9 Å². The van der Waals surface area contributed by atoms with Crippen LogP contribution in [-0.2, 0) is 14.8 Å². The molecule has 0 heterocycles. The summed E-state index contributed by atoms with van der Waals surface area (Å²) in [4.78, 5) is 11.3. The Labute approximate surface area is 108 Å². The predicted octanol–water partition coefficient (Wildman–Crippen LogP) is 0.382. The first-order valence-electron chi connectivity index (χ1n) is 4.60. The van der Waals surface area contributed by atoms with Crippen molar-refractivity contribution in [3.8, 4) is 0 Å². The summed E-state index contributed by atoms with van der Waals surface area (Å²) in [7, 11) is -3.75. The molecule has 0 radical (unpaired) electrons. The summed E-state index contributed by atoms with van der Waals surface area (Å²) in [5, 5.41) is 7.51. The van der Waals surface area contributed by atoms with Crippen molar-refractivity contribution in [2.45, 2.75) is 17.9 Å². The Morgan fingerprint density at radius 2 is 2.06 bits per heavy atom. The molecule has 0 fully saturated rings. The second kappa shape index (κ2) is 5.13. The molecule has 0 aliphatic heterocycles. The number of anilines is 1. The van der Waals surface area contributed by atoms with E-state index < -0.39 is 16.1 Å². The van der Waals surface area contributed by atoms with Gasteiger partial charge in [0.15, 0.2) is 0 Å². The molecule has 94 valence electrons. The van der Waals surface area contributed by atoms with Crippen molar-refractivity contribution < 1.29 is 13.2 Å². The van der Waals surface area contributed by atoms with Crippen LogP contribution in [0.25, 0.3) is 0 Å². The highest BCUT2D eigenvalue weighted by Crippen LogP contribution is 2.25. The number of nitrogens with two attached hydrogens (primary N) is 2. The van der Waals surface area contributed by atoms with Crippen LogP contribution in [0.4, 0.5) is 5.69 Å². The highest BCUT2D eigenvalue weighted by molar-refractivity contribution is 9.10. The predicted molar refractivity (Wildman–Crippen MR) is 67.8 cm³/mol. The number of hydrogen-bond donors (Lipinski definition) is 3. The Morgan fingerprint density at radius 3 is 2.47 bits per heavy atom. The van der Waals surface area contributed by atoms with Gasteiger partial charge in [0.25, 0.3) is 0 Å². The summed E-state index contributed by atoms with van der Waals surface area (Å²) in [6.07, 6.45) is 0. The Hall–Kier alpha value is -0.960. The largest absolute Gasteiger partial charge is 0.324 e. The Kier molecular flexibility index (Phi) is 4.26. The van der Waals surface area contributed by atoms with Crippen LogP contribution in [0.1, 0.15) is 6.92 Å². The van der Waals surface area contributed by atoms with Gasteiger partial charge in [-0.25, -0.2) is 13.6 Å². The molecule has 0 bridgehead atoms. The van der Waals surface area contributed by atoms with E-state index in [9.17, 15) is 13.2 Å². The quantitative estimate of drug-likeness (QED) is 0.746. The average Bonchev–Trinajstić information content (AvgIpc) is 2.19. The maximum atomic E-state index is 11.3. The SMILES string of the molecule is CC(N)C(=O)Nc1ccc(S(N)(=O)=O)cc1Br. The third-order valence-electron chi connectivity index (χ3n) is 1.94. The third kappa shape index (κ3) is 3.77. The number of sulfonamides is 1. The maximum absolute atomic E-state index is 11.3. The van der Waals surface area contributed by atoms with Crippen molar-refractivity contribution in [2.75, 3.05) is 5.32 Å². The van der Waals surface area contributed by atoms with Crippen LogP contribution >= 0.6 is 15.9 Å². The summed E-state index contributed by atoms with van der Waals surface area (Å²) in [5.41, 5.74) is 5.82. The number of hydrogen-bond acceptors (Lipinski definition) is 4. The van der Waals surface area contributed by atoms with Crippen LogP contribution in [0.3, 0.4) is 0 Å². The number of amides is 1. The standard InChI is InChI=1S/C9H12BrN3O3S/c1-5(11)9(14)13-8-3-2-6(4-7(8)10)17(12,15)16/h2-5H,11H2,1H3,(H,13,14)(H2,12,15,16). The van der Waals surface area contributed by atoms with Gasteiger partial charge in [0, 0.05) is 4.47 Å². The first kappa shape index (κ1) is 14.1.